The van der Waals surface area contributed by atoms with Crippen molar-refractivity contribution in [3.63, 3.8) is 0 Å². The van der Waals surface area contributed by atoms with E-state index in [1.165, 1.54) is 12.1 Å². The third-order valence-corrected chi connectivity index (χ3v) is 5.15. The predicted molar refractivity (Wildman–Crippen MR) is 110 cm³/mol. The standard InChI is InChI=1S/C18H11N3O8S.Na/c22-12-5-6-14-16(10-3-1-2-4-13(10)29-14)17(12)20-19-11-7-9(21(24)25)8-15(18(11)23)30(26,27)28;/h1-8,22-23H,(H,26,27,28);. The summed E-state index contributed by atoms with van der Waals surface area (Å²) < 4.78 is 37.8. The van der Waals surface area contributed by atoms with E-state index >= 15 is 0 Å². The number of hydrogen-bond donors (Lipinski definition) is 3. The summed E-state index contributed by atoms with van der Waals surface area (Å²) in [7, 11) is -4.98. The minimum atomic E-state index is -4.98. The number of fused-ring (bicyclic) bond motifs is 3. The smallest absolute Gasteiger partial charge is 0.298 e. The Kier molecular flexibility index (Phi) is 6.02. The molecule has 153 valence electrons. The van der Waals surface area contributed by atoms with Crippen LogP contribution in [0.3, 0.4) is 0 Å². The maximum Gasteiger partial charge on any atom is 0.298 e. The largest absolute Gasteiger partial charge is 0.506 e. The number of nitro groups is 1. The number of phenolic OH excluding ortho intramolecular Hbond substituents is 2. The van der Waals surface area contributed by atoms with Crippen LogP contribution in [0.25, 0.3) is 21.9 Å². The summed E-state index contributed by atoms with van der Waals surface area (Å²) in [4.78, 5) is 9.06. The van der Waals surface area contributed by atoms with Gasteiger partial charge in [-0.25, -0.2) is 0 Å². The second-order valence-corrected chi connectivity index (χ2v) is 7.54. The van der Waals surface area contributed by atoms with Gasteiger partial charge in [-0.1, -0.05) is 18.2 Å². The second kappa shape index (κ2) is 8.24. The summed E-state index contributed by atoms with van der Waals surface area (Å²) in [5, 5.41) is 40.0. The minimum absolute atomic E-state index is 0. The van der Waals surface area contributed by atoms with Crippen molar-refractivity contribution in [1.29, 1.82) is 0 Å². The van der Waals surface area contributed by atoms with Gasteiger partial charge < -0.3 is 14.6 Å². The summed E-state index contributed by atoms with van der Waals surface area (Å²) >= 11 is 0. The van der Waals surface area contributed by atoms with E-state index in [1.807, 2.05) is 0 Å². The molecule has 3 aromatic carbocycles. The Balaban J connectivity index is 0.00000272. The van der Waals surface area contributed by atoms with E-state index in [9.17, 15) is 33.3 Å². The maximum atomic E-state index is 11.4. The molecule has 0 aliphatic heterocycles. The molecule has 1 aromatic heterocycles. The number of aromatic hydroxyl groups is 2. The van der Waals surface area contributed by atoms with Crippen molar-refractivity contribution in [3.05, 3.63) is 58.6 Å². The van der Waals surface area contributed by atoms with Gasteiger partial charge in [0.15, 0.2) is 5.75 Å². The van der Waals surface area contributed by atoms with Crippen molar-refractivity contribution in [2.24, 2.45) is 10.2 Å². The van der Waals surface area contributed by atoms with Crippen molar-refractivity contribution in [1.82, 2.24) is 0 Å². The number of azo groups is 1. The first-order valence-corrected chi connectivity index (χ1v) is 9.64. The molecule has 0 unspecified atom stereocenters. The molecule has 1 radical (unpaired) electrons. The summed E-state index contributed by atoms with van der Waals surface area (Å²) in [5.41, 5.74) is -0.505. The van der Waals surface area contributed by atoms with Crippen molar-refractivity contribution >= 4 is 78.7 Å². The summed E-state index contributed by atoms with van der Waals surface area (Å²) in [5.74, 6) is -1.33. The zero-order valence-electron chi connectivity index (χ0n) is 15.8. The van der Waals surface area contributed by atoms with E-state index < -0.39 is 37.1 Å². The fourth-order valence-electron chi connectivity index (χ4n) is 2.95. The van der Waals surface area contributed by atoms with Crippen LogP contribution < -0.4 is 0 Å². The number of nitrogens with zero attached hydrogens (tertiary/aromatic N) is 3. The van der Waals surface area contributed by atoms with Crippen LogP contribution in [-0.4, -0.2) is 57.7 Å². The number of furan rings is 1. The molecule has 4 aromatic rings. The molecule has 0 fully saturated rings. The molecule has 13 heteroatoms. The summed E-state index contributed by atoms with van der Waals surface area (Å²) in [6.07, 6.45) is 0. The Labute approximate surface area is 195 Å². The molecule has 0 saturated heterocycles. The van der Waals surface area contributed by atoms with Crippen molar-refractivity contribution in [2.75, 3.05) is 0 Å². The van der Waals surface area contributed by atoms with E-state index in [1.54, 1.807) is 24.3 Å². The van der Waals surface area contributed by atoms with Gasteiger partial charge in [-0.05, 0) is 18.2 Å². The Bertz CT molecular complexity index is 1480. The number of hydrogen-bond acceptors (Lipinski definition) is 9. The SMILES string of the molecule is O=[N+]([O-])c1cc(N=Nc2c(O)ccc3oc4ccccc4c23)c(O)c(S(=O)(=O)O)c1.[Na]. The monoisotopic (exact) mass is 452 g/mol. The van der Waals surface area contributed by atoms with Crippen molar-refractivity contribution in [2.45, 2.75) is 4.90 Å². The van der Waals surface area contributed by atoms with Gasteiger partial charge in [0, 0.05) is 47.1 Å². The van der Waals surface area contributed by atoms with Crippen molar-refractivity contribution in [3.8, 4) is 11.5 Å². The zero-order valence-corrected chi connectivity index (χ0v) is 18.6. The first-order chi connectivity index (χ1) is 14.2. The van der Waals surface area contributed by atoms with Crippen LogP contribution in [-0.2, 0) is 10.1 Å². The van der Waals surface area contributed by atoms with Crippen LogP contribution in [0.15, 0.2) is 68.1 Å². The third-order valence-electron chi connectivity index (χ3n) is 4.28. The van der Waals surface area contributed by atoms with Gasteiger partial charge in [0.2, 0.25) is 0 Å². The molecule has 0 aliphatic carbocycles. The molecule has 3 N–H and O–H groups in total. The molecule has 0 saturated carbocycles. The van der Waals surface area contributed by atoms with Crippen LogP contribution >= 0.6 is 0 Å². The number of nitro benzene ring substituents is 1. The molecular weight excluding hydrogens is 441 g/mol. The molecule has 11 nitrogen and oxygen atoms in total. The molecule has 0 atom stereocenters. The average Bonchev–Trinajstić information content (AvgIpc) is 3.06. The first kappa shape index (κ1) is 22.7. The fraction of sp³-hybridized carbons (Fsp3) is 0. The van der Waals surface area contributed by atoms with E-state index in [2.05, 4.69) is 10.2 Å². The molecule has 0 bridgehead atoms. The normalized spacial score (nSPS) is 11.8. The Morgan fingerprint density at radius 2 is 1.71 bits per heavy atom. The number of rotatable bonds is 4. The fourth-order valence-corrected chi connectivity index (χ4v) is 3.57. The molecule has 0 amide bonds. The number of benzene rings is 3. The van der Waals surface area contributed by atoms with Gasteiger partial charge >= 0.3 is 0 Å². The third kappa shape index (κ3) is 4.11. The number of phenols is 2. The molecular formula is C18H11N3NaO8S. The topological polar surface area (TPSA) is 176 Å². The average molecular weight is 452 g/mol. The minimum Gasteiger partial charge on any atom is -0.506 e. The van der Waals surface area contributed by atoms with Crippen LogP contribution in [0.5, 0.6) is 11.5 Å². The Morgan fingerprint density at radius 3 is 2.39 bits per heavy atom. The van der Waals surface area contributed by atoms with Gasteiger partial charge in [0.25, 0.3) is 15.8 Å². The Hall–Kier alpha value is -3.03. The van der Waals surface area contributed by atoms with Crippen LogP contribution in [0, 0.1) is 10.1 Å². The van der Waals surface area contributed by atoms with Crippen LogP contribution in [0.4, 0.5) is 17.1 Å². The van der Waals surface area contributed by atoms with Crippen LogP contribution in [0.1, 0.15) is 0 Å². The first-order valence-electron chi connectivity index (χ1n) is 8.20. The molecule has 0 aliphatic rings. The van der Waals surface area contributed by atoms with E-state index in [0.29, 0.717) is 28.0 Å². The van der Waals surface area contributed by atoms with Gasteiger partial charge in [0.1, 0.15) is 33.2 Å². The number of non-ortho nitro benzene ring substituents is 1. The van der Waals surface area contributed by atoms with Gasteiger partial charge in [-0.15, -0.1) is 10.2 Å². The predicted octanol–water partition coefficient (Wildman–Crippen LogP) is 4.19. The number of para-hydroxylation sites is 1. The quantitative estimate of drug-likeness (QED) is 0.136. The van der Waals surface area contributed by atoms with E-state index in [-0.39, 0.29) is 41.0 Å². The second-order valence-electron chi connectivity index (χ2n) is 6.15. The molecule has 1 heterocycles. The maximum absolute atomic E-state index is 11.4. The van der Waals surface area contributed by atoms with Gasteiger partial charge in [-0.3, -0.25) is 14.7 Å². The van der Waals surface area contributed by atoms with Crippen molar-refractivity contribution < 1.29 is 32.5 Å². The molecule has 31 heavy (non-hydrogen) atoms. The van der Waals surface area contributed by atoms with E-state index in [4.69, 9.17) is 4.42 Å². The van der Waals surface area contributed by atoms with Crippen LogP contribution in [0.2, 0.25) is 0 Å². The molecule has 0 spiro atoms. The zero-order chi connectivity index (χ0) is 21.6. The van der Waals surface area contributed by atoms with Gasteiger partial charge in [-0.2, -0.15) is 8.42 Å². The Morgan fingerprint density at radius 1 is 1.00 bits per heavy atom. The van der Waals surface area contributed by atoms with Gasteiger partial charge in [0.05, 0.1) is 10.3 Å². The summed E-state index contributed by atoms with van der Waals surface area (Å²) in [6, 6.07) is 11.0. The summed E-state index contributed by atoms with van der Waals surface area (Å²) in [6.45, 7) is 0. The van der Waals surface area contributed by atoms with E-state index in [0.717, 1.165) is 6.07 Å². The molecule has 4 rings (SSSR count).